The van der Waals surface area contributed by atoms with Crippen LogP contribution in [0.3, 0.4) is 0 Å². The molecule has 0 radical (unpaired) electrons. The number of anilines is 1. The molecule has 1 aromatic heterocycles. The molecule has 1 aromatic rings. The number of rotatable bonds is 4. The third-order valence-corrected chi connectivity index (χ3v) is 2.19. The fourth-order valence-electron chi connectivity index (χ4n) is 1.16. The Morgan fingerprint density at radius 3 is 2.64 bits per heavy atom. The summed E-state index contributed by atoms with van der Waals surface area (Å²) in [5.74, 6) is 0.925. The number of hydrogen-bond donors (Lipinski definition) is 2. The first kappa shape index (κ1) is 11.0. The van der Waals surface area contributed by atoms with Crippen LogP contribution in [0.5, 0.6) is 0 Å². The van der Waals surface area contributed by atoms with Crippen molar-refractivity contribution in [3.05, 3.63) is 11.8 Å². The van der Waals surface area contributed by atoms with Gasteiger partial charge in [-0.1, -0.05) is 0 Å². The van der Waals surface area contributed by atoms with Gasteiger partial charge in [-0.3, -0.25) is 4.68 Å². The fourth-order valence-corrected chi connectivity index (χ4v) is 1.16. The van der Waals surface area contributed by atoms with Crippen LogP contribution in [0.1, 0.15) is 26.0 Å². The number of aromatic nitrogens is 2. The van der Waals surface area contributed by atoms with Crippen molar-refractivity contribution in [2.75, 3.05) is 11.9 Å². The van der Waals surface area contributed by atoms with Crippen molar-refractivity contribution in [3.63, 3.8) is 0 Å². The van der Waals surface area contributed by atoms with Crippen molar-refractivity contribution in [3.8, 4) is 0 Å². The minimum absolute atomic E-state index is 0.114. The van der Waals surface area contributed by atoms with Gasteiger partial charge < -0.3 is 11.1 Å². The van der Waals surface area contributed by atoms with E-state index in [1.54, 1.807) is 0 Å². The molecule has 0 spiro atoms. The Morgan fingerprint density at radius 2 is 2.21 bits per heavy atom. The lowest BCUT2D eigenvalue weighted by atomic mass is 10.0. The third-order valence-electron chi connectivity index (χ3n) is 2.19. The van der Waals surface area contributed by atoms with Gasteiger partial charge in [0.1, 0.15) is 5.82 Å². The zero-order chi connectivity index (χ0) is 10.8. The lowest BCUT2D eigenvalue weighted by Gasteiger charge is -2.17. The largest absolute Gasteiger partial charge is 0.369 e. The highest BCUT2D eigenvalue weighted by atomic mass is 15.3. The predicted molar refractivity (Wildman–Crippen MR) is 59.3 cm³/mol. The van der Waals surface area contributed by atoms with Crippen LogP contribution in [0.4, 0.5) is 5.82 Å². The number of hydrogen-bond acceptors (Lipinski definition) is 3. The van der Waals surface area contributed by atoms with Crippen LogP contribution >= 0.6 is 0 Å². The highest BCUT2D eigenvalue weighted by molar-refractivity contribution is 5.35. The van der Waals surface area contributed by atoms with Crippen molar-refractivity contribution in [1.29, 1.82) is 0 Å². The number of nitrogens with two attached hydrogens (primary N) is 1. The van der Waals surface area contributed by atoms with Crippen molar-refractivity contribution in [1.82, 2.24) is 9.78 Å². The summed E-state index contributed by atoms with van der Waals surface area (Å²) < 4.78 is 1.86. The van der Waals surface area contributed by atoms with Crippen LogP contribution in [-0.2, 0) is 7.05 Å². The second-order valence-electron chi connectivity index (χ2n) is 4.46. The second-order valence-corrected chi connectivity index (χ2v) is 4.46. The predicted octanol–water partition coefficient (Wildman–Crippen LogP) is 1.27. The SMILES string of the molecule is Cc1cc(NCCC(C)(C)N)nn1C. The Hall–Kier alpha value is -1.03. The quantitative estimate of drug-likeness (QED) is 0.762. The van der Waals surface area contributed by atoms with Gasteiger partial charge in [-0.15, -0.1) is 0 Å². The van der Waals surface area contributed by atoms with Crippen molar-refractivity contribution < 1.29 is 0 Å². The van der Waals surface area contributed by atoms with E-state index in [0.717, 1.165) is 24.5 Å². The van der Waals surface area contributed by atoms with E-state index in [-0.39, 0.29) is 5.54 Å². The summed E-state index contributed by atoms with van der Waals surface area (Å²) in [5, 5.41) is 7.55. The summed E-state index contributed by atoms with van der Waals surface area (Å²) in [5.41, 5.74) is 6.91. The maximum absolute atomic E-state index is 5.87. The molecule has 0 unspecified atom stereocenters. The molecule has 0 bridgehead atoms. The Kier molecular flexibility index (Phi) is 3.16. The van der Waals surface area contributed by atoms with E-state index in [9.17, 15) is 0 Å². The number of nitrogens with one attached hydrogen (secondary N) is 1. The molecule has 1 heterocycles. The first-order valence-corrected chi connectivity index (χ1v) is 4.92. The van der Waals surface area contributed by atoms with Gasteiger partial charge in [-0.05, 0) is 27.2 Å². The highest BCUT2D eigenvalue weighted by Crippen LogP contribution is 2.08. The number of aryl methyl sites for hydroxylation is 2. The molecule has 0 aliphatic heterocycles. The number of nitrogens with zero attached hydrogens (tertiary/aromatic N) is 2. The summed E-state index contributed by atoms with van der Waals surface area (Å²) in [4.78, 5) is 0. The van der Waals surface area contributed by atoms with E-state index in [1.165, 1.54) is 0 Å². The van der Waals surface area contributed by atoms with Crippen LogP contribution in [-0.4, -0.2) is 21.9 Å². The van der Waals surface area contributed by atoms with Crippen molar-refractivity contribution in [2.45, 2.75) is 32.7 Å². The summed E-state index contributed by atoms with van der Waals surface area (Å²) in [7, 11) is 1.94. The Balaban J connectivity index is 2.39. The molecule has 0 fully saturated rings. The van der Waals surface area contributed by atoms with Gasteiger partial charge in [0.2, 0.25) is 0 Å². The van der Waals surface area contributed by atoms with Crippen LogP contribution in [0, 0.1) is 6.92 Å². The Labute approximate surface area is 85.5 Å². The molecule has 1 rings (SSSR count). The molecule has 0 saturated heterocycles. The molecule has 0 aliphatic carbocycles. The minimum atomic E-state index is -0.114. The average Bonchev–Trinajstić information content (AvgIpc) is 2.28. The fraction of sp³-hybridized carbons (Fsp3) is 0.700. The maximum atomic E-state index is 5.87. The van der Waals surface area contributed by atoms with Gasteiger partial charge in [0.15, 0.2) is 0 Å². The molecule has 0 aliphatic rings. The van der Waals surface area contributed by atoms with E-state index in [4.69, 9.17) is 5.73 Å². The van der Waals surface area contributed by atoms with Gasteiger partial charge in [0.25, 0.3) is 0 Å². The lowest BCUT2D eigenvalue weighted by Crippen LogP contribution is -2.34. The summed E-state index contributed by atoms with van der Waals surface area (Å²) >= 11 is 0. The normalized spacial score (nSPS) is 11.8. The monoisotopic (exact) mass is 196 g/mol. The van der Waals surface area contributed by atoms with Crippen molar-refractivity contribution in [2.24, 2.45) is 12.8 Å². The summed E-state index contributed by atoms with van der Waals surface area (Å²) in [6, 6.07) is 2.03. The van der Waals surface area contributed by atoms with Crippen molar-refractivity contribution >= 4 is 5.82 Å². The zero-order valence-electron chi connectivity index (χ0n) is 9.46. The highest BCUT2D eigenvalue weighted by Gasteiger charge is 2.09. The van der Waals surface area contributed by atoms with Crippen LogP contribution in [0.15, 0.2) is 6.07 Å². The molecule has 0 aromatic carbocycles. The third kappa shape index (κ3) is 3.38. The molecule has 14 heavy (non-hydrogen) atoms. The van der Waals surface area contributed by atoms with Gasteiger partial charge in [0, 0.05) is 30.9 Å². The Bertz CT molecular complexity index is 276. The molecular formula is C10H20N4. The average molecular weight is 196 g/mol. The Morgan fingerprint density at radius 1 is 1.57 bits per heavy atom. The van der Waals surface area contributed by atoms with Crippen LogP contribution in [0.2, 0.25) is 0 Å². The van der Waals surface area contributed by atoms with E-state index < -0.39 is 0 Å². The van der Waals surface area contributed by atoms with E-state index in [2.05, 4.69) is 10.4 Å². The van der Waals surface area contributed by atoms with E-state index in [1.807, 2.05) is 38.6 Å². The maximum Gasteiger partial charge on any atom is 0.148 e. The second kappa shape index (κ2) is 4.00. The molecule has 4 heteroatoms. The van der Waals surface area contributed by atoms with Gasteiger partial charge in [-0.25, -0.2) is 0 Å². The standard InChI is InChI=1S/C10H20N4/c1-8-7-9(13-14(8)4)12-6-5-10(2,3)11/h7H,5-6,11H2,1-4H3,(H,12,13). The molecule has 0 atom stereocenters. The van der Waals surface area contributed by atoms with Gasteiger partial charge in [-0.2, -0.15) is 5.10 Å². The van der Waals surface area contributed by atoms with Crippen LogP contribution in [0.25, 0.3) is 0 Å². The minimum Gasteiger partial charge on any atom is -0.369 e. The van der Waals surface area contributed by atoms with Gasteiger partial charge >= 0.3 is 0 Å². The molecule has 0 amide bonds. The van der Waals surface area contributed by atoms with Gasteiger partial charge in [0.05, 0.1) is 0 Å². The summed E-state index contributed by atoms with van der Waals surface area (Å²) in [6.45, 7) is 6.95. The van der Waals surface area contributed by atoms with Crippen LogP contribution < -0.4 is 11.1 Å². The molecule has 4 nitrogen and oxygen atoms in total. The topological polar surface area (TPSA) is 55.9 Å². The first-order valence-electron chi connectivity index (χ1n) is 4.92. The molecule has 3 N–H and O–H groups in total. The zero-order valence-corrected chi connectivity index (χ0v) is 9.46. The molecule has 0 saturated carbocycles. The first-order chi connectivity index (χ1) is 6.38. The molecule has 80 valence electrons. The smallest absolute Gasteiger partial charge is 0.148 e. The van der Waals surface area contributed by atoms with E-state index >= 15 is 0 Å². The summed E-state index contributed by atoms with van der Waals surface area (Å²) in [6.07, 6.45) is 0.933. The van der Waals surface area contributed by atoms with E-state index in [0.29, 0.717) is 0 Å². The lowest BCUT2D eigenvalue weighted by molar-refractivity contribution is 0.490. The molecular weight excluding hydrogens is 176 g/mol.